The number of fused-ring (bicyclic) bond motifs is 1. The summed E-state index contributed by atoms with van der Waals surface area (Å²) in [5.41, 5.74) is 8.92. The van der Waals surface area contributed by atoms with Crippen LogP contribution in [0.25, 0.3) is 0 Å². The average Bonchev–Trinajstić information content (AvgIpc) is 2.80. The molecular formula is C15H16N2OS. The van der Waals surface area contributed by atoms with Crippen LogP contribution in [-0.4, -0.2) is 16.8 Å². The second kappa shape index (κ2) is 5.13. The number of nitrogens with zero attached hydrogens (tertiary/aromatic N) is 1. The van der Waals surface area contributed by atoms with Crippen molar-refractivity contribution in [2.24, 2.45) is 0 Å². The molecule has 1 aromatic carbocycles. The van der Waals surface area contributed by atoms with Gasteiger partial charge in [0.05, 0.1) is 16.9 Å². The highest BCUT2D eigenvalue weighted by Crippen LogP contribution is 2.31. The Labute approximate surface area is 117 Å². The number of ether oxygens (including phenoxy) is 1. The number of pyridine rings is 1. The number of benzene rings is 1. The van der Waals surface area contributed by atoms with Crippen LogP contribution in [-0.2, 0) is 6.42 Å². The van der Waals surface area contributed by atoms with Crippen molar-refractivity contribution >= 4 is 17.4 Å². The highest BCUT2D eigenvalue weighted by atomic mass is 32.2. The number of nitrogens with two attached hydrogens (primary N) is 1. The molecule has 0 aliphatic carbocycles. The molecule has 0 bridgehead atoms. The fourth-order valence-electron chi connectivity index (χ4n) is 2.20. The largest absolute Gasteiger partial charge is 0.489 e. The Bertz CT molecular complexity index is 583. The molecule has 1 atom stereocenters. The quantitative estimate of drug-likeness (QED) is 0.872. The van der Waals surface area contributed by atoms with E-state index in [-0.39, 0.29) is 6.10 Å². The van der Waals surface area contributed by atoms with Crippen molar-refractivity contribution in [2.45, 2.75) is 24.5 Å². The Morgan fingerprint density at radius 1 is 1.37 bits per heavy atom. The van der Waals surface area contributed by atoms with Crippen molar-refractivity contribution in [2.75, 3.05) is 11.5 Å². The Hall–Kier alpha value is -1.68. The number of hydrogen-bond acceptors (Lipinski definition) is 4. The summed E-state index contributed by atoms with van der Waals surface area (Å²) in [7, 11) is 0. The number of aryl methyl sites for hydroxylation is 1. The third-order valence-electron chi connectivity index (χ3n) is 3.13. The zero-order valence-electron chi connectivity index (χ0n) is 10.8. The topological polar surface area (TPSA) is 48.1 Å². The number of rotatable bonds is 3. The lowest BCUT2D eigenvalue weighted by molar-refractivity contribution is 0.259. The molecule has 2 N–H and O–H groups in total. The number of nitrogen functional groups attached to an aromatic ring is 1. The molecule has 1 aliphatic rings. The second-order valence-corrected chi connectivity index (χ2v) is 5.84. The van der Waals surface area contributed by atoms with E-state index in [0.29, 0.717) is 5.69 Å². The first-order valence-corrected chi connectivity index (χ1v) is 7.30. The van der Waals surface area contributed by atoms with Gasteiger partial charge in [-0.3, -0.25) is 0 Å². The first-order chi connectivity index (χ1) is 9.20. The SMILES string of the molecule is Cc1ccc2c(c1)CC(CSc1ccc(N)cn1)O2. The number of thioether (sulfide) groups is 1. The minimum Gasteiger partial charge on any atom is -0.489 e. The maximum atomic E-state index is 5.93. The van der Waals surface area contributed by atoms with Gasteiger partial charge in [-0.15, -0.1) is 11.8 Å². The van der Waals surface area contributed by atoms with Gasteiger partial charge >= 0.3 is 0 Å². The van der Waals surface area contributed by atoms with Crippen LogP contribution in [0.4, 0.5) is 5.69 Å². The molecule has 19 heavy (non-hydrogen) atoms. The van der Waals surface area contributed by atoms with Crippen molar-refractivity contribution in [1.29, 1.82) is 0 Å². The predicted molar refractivity (Wildman–Crippen MR) is 78.7 cm³/mol. The zero-order valence-corrected chi connectivity index (χ0v) is 11.6. The highest BCUT2D eigenvalue weighted by molar-refractivity contribution is 7.99. The van der Waals surface area contributed by atoms with Gasteiger partial charge in [0.15, 0.2) is 0 Å². The molecule has 0 saturated carbocycles. The minimum absolute atomic E-state index is 0.237. The second-order valence-electron chi connectivity index (χ2n) is 4.80. The van der Waals surface area contributed by atoms with E-state index in [1.165, 1.54) is 11.1 Å². The summed E-state index contributed by atoms with van der Waals surface area (Å²) in [5.74, 6) is 1.94. The molecule has 0 saturated heterocycles. The van der Waals surface area contributed by atoms with E-state index in [1.807, 2.05) is 12.1 Å². The first kappa shape index (κ1) is 12.4. The standard InChI is InChI=1S/C15H16N2OS/c1-10-2-4-14-11(6-10)7-13(18-14)9-19-15-5-3-12(16)8-17-15/h2-6,8,13H,7,9,16H2,1H3. The number of aromatic nitrogens is 1. The molecule has 1 aliphatic heterocycles. The highest BCUT2D eigenvalue weighted by Gasteiger charge is 2.22. The van der Waals surface area contributed by atoms with Gasteiger partial charge in [0, 0.05) is 12.2 Å². The molecule has 98 valence electrons. The van der Waals surface area contributed by atoms with Gasteiger partial charge in [0.25, 0.3) is 0 Å². The summed E-state index contributed by atoms with van der Waals surface area (Å²) < 4.78 is 5.93. The van der Waals surface area contributed by atoms with Gasteiger partial charge in [-0.05, 0) is 30.7 Å². The van der Waals surface area contributed by atoms with Crippen LogP contribution in [0.1, 0.15) is 11.1 Å². The van der Waals surface area contributed by atoms with Crippen molar-refractivity contribution in [1.82, 2.24) is 4.98 Å². The predicted octanol–water partition coefficient (Wildman–Crippen LogP) is 3.07. The molecule has 2 heterocycles. The maximum absolute atomic E-state index is 5.93. The van der Waals surface area contributed by atoms with Gasteiger partial charge in [-0.25, -0.2) is 4.98 Å². The van der Waals surface area contributed by atoms with E-state index < -0.39 is 0 Å². The van der Waals surface area contributed by atoms with Crippen LogP contribution >= 0.6 is 11.8 Å². The van der Waals surface area contributed by atoms with Gasteiger partial charge in [0.1, 0.15) is 11.9 Å². The molecule has 0 fully saturated rings. The fraction of sp³-hybridized carbons (Fsp3) is 0.267. The van der Waals surface area contributed by atoms with Crippen molar-refractivity contribution < 1.29 is 4.74 Å². The van der Waals surface area contributed by atoms with Gasteiger partial charge in [-0.2, -0.15) is 0 Å². The molecule has 2 aromatic rings. The number of anilines is 1. The molecule has 0 radical (unpaired) electrons. The summed E-state index contributed by atoms with van der Waals surface area (Å²) in [6.45, 7) is 2.11. The first-order valence-electron chi connectivity index (χ1n) is 6.31. The van der Waals surface area contributed by atoms with Gasteiger partial charge < -0.3 is 10.5 Å². The van der Waals surface area contributed by atoms with E-state index in [4.69, 9.17) is 10.5 Å². The van der Waals surface area contributed by atoms with Crippen LogP contribution in [0.15, 0.2) is 41.6 Å². The lowest BCUT2D eigenvalue weighted by Crippen LogP contribution is -2.15. The molecule has 3 nitrogen and oxygen atoms in total. The molecule has 1 aromatic heterocycles. The summed E-state index contributed by atoms with van der Waals surface area (Å²) in [5, 5.41) is 0.991. The lowest BCUT2D eigenvalue weighted by Gasteiger charge is -2.09. The Morgan fingerprint density at radius 3 is 3.05 bits per heavy atom. The Morgan fingerprint density at radius 2 is 2.26 bits per heavy atom. The minimum atomic E-state index is 0.237. The van der Waals surface area contributed by atoms with Crippen LogP contribution < -0.4 is 10.5 Å². The monoisotopic (exact) mass is 272 g/mol. The van der Waals surface area contributed by atoms with E-state index in [1.54, 1.807) is 18.0 Å². The molecule has 0 spiro atoms. The van der Waals surface area contributed by atoms with E-state index in [0.717, 1.165) is 22.9 Å². The van der Waals surface area contributed by atoms with E-state index >= 15 is 0 Å². The van der Waals surface area contributed by atoms with Crippen molar-refractivity contribution in [3.8, 4) is 5.75 Å². The summed E-state index contributed by atoms with van der Waals surface area (Å²) in [6.07, 6.45) is 2.91. The third kappa shape index (κ3) is 2.84. The van der Waals surface area contributed by atoms with Crippen LogP contribution in [0.2, 0.25) is 0 Å². The summed E-state index contributed by atoms with van der Waals surface area (Å²) >= 11 is 1.71. The zero-order chi connectivity index (χ0) is 13.2. The van der Waals surface area contributed by atoms with Crippen molar-refractivity contribution in [3.63, 3.8) is 0 Å². The number of hydrogen-bond donors (Lipinski definition) is 1. The average molecular weight is 272 g/mol. The van der Waals surface area contributed by atoms with Gasteiger partial charge in [-0.1, -0.05) is 17.7 Å². The Balaban J connectivity index is 1.60. The molecule has 0 amide bonds. The maximum Gasteiger partial charge on any atom is 0.123 e. The van der Waals surface area contributed by atoms with E-state index in [2.05, 4.69) is 30.1 Å². The van der Waals surface area contributed by atoms with E-state index in [9.17, 15) is 0 Å². The van der Waals surface area contributed by atoms with Crippen molar-refractivity contribution in [3.05, 3.63) is 47.7 Å². The van der Waals surface area contributed by atoms with Crippen LogP contribution in [0.5, 0.6) is 5.75 Å². The van der Waals surface area contributed by atoms with Crippen LogP contribution in [0, 0.1) is 6.92 Å². The smallest absolute Gasteiger partial charge is 0.123 e. The third-order valence-corrected chi connectivity index (χ3v) is 4.21. The molecular weight excluding hydrogens is 256 g/mol. The molecule has 1 unspecified atom stereocenters. The normalized spacial score (nSPS) is 17.0. The Kier molecular flexibility index (Phi) is 3.34. The lowest BCUT2D eigenvalue weighted by atomic mass is 10.1. The van der Waals surface area contributed by atoms with Crippen LogP contribution in [0.3, 0.4) is 0 Å². The molecule has 4 heteroatoms. The van der Waals surface area contributed by atoms with Gasteiger partial charge in [0.2, 0.25) is 0 Å². The summed E-state index contributed by atoms with van der Waals surface area (Å²) in [4.78, 5) is 4.28. The fourth-order valence-corrected chi connectivity index (χ4v) is 3.03. The molecule has 3 rings (SSSR count). The summed E-state index contributed by atoms with van der Waals surface area (Å²) in [6, 6.07) is 10.2.